The first kappa shape index (κ1) is 12.9. The average molecular weight is 246 g/mol. The van der Waals surface area contributed by atoms with Crippen molar-refractivity contribution in [2.24, 2.45) is 0 Å². The van der Waals surface area contributed by atoms with Crippen molar-refractivity contribution in [3.8, 4) is 11.8 Å². The van der Waals surface area contributed by atoms with Crippen molar-refractivity contribution in [2.45, 2.75) is 31.9 Å². The smallest absolute Gasteiger partial charge is 0.125 e. The second-order valence-corrected chi connectivity index (χ2v) is 4.67. The molecule has 96 valence electrons. The summed E-state index contributed by atoms with van der Waals surface area (Å²) in [6.07, 6.45) is 2.30. The van der Waals surface area contributed by atoms with E-state index in [0.29, 0.717) is 12.1 Å². The minimum atomic E-state index is -0.492. The first-order valence-corrected chi connectivity index (χ1v) is 6.25. The fraction of sp³-hybridized carbons (Fsp3) is 0.500. The lowest BCUT2D eigenvalue weighted by Gasteiger charge is -2.16. The van der Waals surface area contributed by atoms with E-state index < -0.39 is 6.04 Å². The van der Waals surface area contributed by atoms with Gasteiger partial charge in [0.2, 0.25) is 0 Å². The van der Waals surface area contributed by atoms with E-state index in [1.165, 1.54) is 0 Å². The number of nitriles is 1. The molecule has 0 amide bonds. The highest BCUT2D eigenvalue weighted by Crippen LogP contribution is 2.25. The first-order valence-electron chi connectivity index (χ1n) is 6.25. The van der Waals surface area contributed by atoms with Crippen LogP contribution < -0.4 is 5.32 Å². The van der Waals surface area contributed by atoms with Crippen molar-refractivity contribution < 1.29 is 9.84 Å². The Balaban J connectivity index is 2.03. The van der Waals surface area contributed by atoms with Gasteiger partial charge in [-0.3, -0.25) is 5.32 Å². The van der Waals surface area contributed by atoms with Crippen LogP contribution in [0.3, 0.4) is 0 Å². The van der Waals surface area contributed by atoms with Gasteiger partial charge >= 0.3 is 0 Å². The summed E-state index contributed by atoms with van der Waals surface area (Å²) in [5, 5.41) is 22.2. The molecule has 1 aliphatic heterocycles. The highest BCUT2D eigenvalue weighted by Gasteiger charge is 2.19. The maximum Gasteiger partial charge on any atom is 0.125 e. The zero-order valence-corrected chi connectivity index (χ0v) is 10.5. The van der Waals surface area contributed by atoms with E-state index in [4.69, 9.17) is 4.74 Å². The molecule has 1 aromatic rings. The predicted octanol–water partition coefficient (Wildman–Crippen LogP) is 2.03. The second kappa shape index (κ2) is 5.85. The Bertz CT molecular complexity index is 448. The highest BCUT2D eigenvalue weighted by atomic mass is 16.5. The lowest BCUT2D eigenvalue weighted by molar-refractivity contribution is 0.109. The molecule has 4 heteroatoms. The molecule has 0 aliphatic carbocycles. The van der Waals surface area contributed by atoms with Gasteiger partial charge in [-0.1, -0.05) is 11.6 Å². The van der Waals surface area contributed by atoms with Crippen LogP contribution in [0.5, 0.6) is 5.75 Å². The van der Waals surface area contributed by atoms with Gasteiger partial charge in [-0.05, 0) is 31.9 Å². The molecule has 18 heavy (non-hydrogen) atoms. The van der Waals surface area contributed by atoms with Crippen molar-refractivity contribution in [3.05, 3.63) is 29.3 Å². The van der Waals surface area contributed by atoms with E-state index >= 15 is 0 Å². The molecular weight excluding hydrogens is 228 g/mol. The standard InChI is InChI=1S/C14H18N2O2/c1-10-4-5-14(17)12(7-10)13(8-15)16-9-11-3-2-6-18-11/h4-5,7,11,13,16-17H,2-3,6,9H2,1H3. The van der Waals surface area contributed by atoms with E-state index in [2.05, 4.69) is 11.4 Å². The molecule has 1 fully saturated rings. The molecule has 2 N–H and O–H groups in total. The van der Waals surface area contributed by atoms with Crippen molar-refractivity contribution in [2.75, 3.05) is 13.2 Å². The summed E-state index contributed by atoms with van der Waals surface area (Å²) in [6.45, 7) is 3.39. The number of phenols is 1. The summed E-state index contributed by atoms with van der Waals surface area (Å²) in [5.74, 6) is 0.159. The summed E-state index contributed by atoms with van der Waals surface area (Å²) in [6, 6.07) is 6.99. The Hall–Kier alpha value is -1.57. The Kier molecular flexibility index (Phi) is 4.19. The summed E-state index contributed by atoms with van der Waals surface area (Å²) in [5.41, 5.74) is 1.66. The number of benzene rings is 1. The molecule has 2 rings (SSSR count). The molecule has 2 unspecified atom stereocenters. The first-order chi connectivity index (χ1) is 8.70. The number of hydrogen-bond donors (Lipinski definition) is 2. The third kappa shape index (κ3) is 3.00. The summed E-state index contributed by atoms with van der Waals surface area (Å²) in [4.78, 5) is 0. The number of ether oxygens (including phenoxy) is 1. The van der Waals surface area contributed by atoms with Crippen molar-refractivity contribution in [1.29, 1.82) is 5.26 Å². The molecule has 4 nitrogen and oxygen atoms in total. The van der Waals surface area contributed by atoms with Gasteiger partial charge in [0.15, 0.2) is 0 Å². The molecule has 0 saturated carbocycles. The Labute approximate surface area is 107 Å². The SMILES string of the molecule is Cc1ccc(O)c(C(C#N)NCC2CCCO2)c1. The molecule has 0 bridgehead atoms. The monoisotopic (exact) mass is 246 g/mol. The van der Waals surface area contributed by atoms with Gasteiger partial charge in [-0.15, -0.1) is 0 Å². The van der Waals surface area contributed by atoms with Crippen LogP contribution in [-0.2, 0) is 4.74 Å². The van der Waals surface area contributed by atoms with Gasteiger partial charge < -0.3 is 9.84 Å². The zero-order chi connectivity index (χ0) is 13.0. The molecule has 1 saturated heterocycles. The van der Waals surface area contributed by atoms with Crippen LogP contribution in [-0.4, -0.2) is 24.4 Å². The van der Waals surface area contributed by atoms with E-state index in [9.17, 15) is 10.4 Å². The molecule has 1 aliphatic rings. The topological polar surface area (TPSA) is 65.3 Å². The Morgan fingerprint density at radius 1 is 1.61 bits per heavy atom. The maximum absolute atomic E-state index is 9.81. The van der Waals surface area contributed by atoms with Crippen molar-refractivity contribution >= 4 is 0 Å². The van der Waals surface area contributed by atoms with Crippen LogP contribution in [0, 0.1) is 18.3 Å². The minimum Gasteiger partial charge on any atom is -0.508 e. The number of rotatable bonds is 4. The number of aryl methyl sites for hydroxylation is 1. The van der Waals surface area contributed by atoms with Crippen LogP contribution in [0.25, 0.3) is 0 Å². The van der Waals surface area contributed by atoms with Crippen molar-refractivity contribution in [1.82, 2.24) is 5.32 Å². The van der Waals surface area contributed by atoms with E-state index in [0.717, 1.165) is 25.0 Å². The predicted molar refractivity (Wildman–Crippen MR) is 68.2 cm³/mol. The third-order valence-corrected chi connectivity index (χ3v) is 3.20. The van der Waals surface area contributed by atoms with Crippen LogP contribution in [0.4, 0.5) is 0 Å². The largest absolute Gasteiger partial charge is 0.508 e. The summed E-state index contributed by atoms with van der Waals surface area (Å²) in [7, 11) is 0. The van der Waals surface area contributed by atoms with Gasteiger partial charge in [-0.25, -0.2) is 0 Å². The van der Waals surface area contributed by atoms with E-state index in [1.807, 2.05) is 19.1 Å². The third-order valence-electron chi connectivity index (χ3n) is 3.20. The van der Waals surface area contributed by atoms with Crippen LogP contribution in [0.1, 0.15) is 30.0 Å². The van der Waals surface area contributed by atoms with Crippen LogP contribution >= 0.6 is 0 Å². The number of nitrogens with zero attached hydrogens (tertiary/aromatic N) is 1. The second-order valence-electron chi connectivity index (χ2n) is 4.67. The highest BCUT2D eigenvalue weighted by molar-refractivity contribution is 5.40. The Morgan fingerprint density at radius 3 is 3.11 bits per heavy atom. The van der Waals surface area contributed by atoms with Gasteiger partial charge in [0.25, 0.3) is 0 Å². The fourth-order valence-electron chi connectivity index (χ4n) is 2.18. The zero-order valence-electron chi connectivity index (χ0n) is 10.5. The number of nitrogens with one attached hydrogen (secondary N) is 1. The lowest BCUT2D eigenvalue weighted by atomic mass is 10.0. The molecule has 2 atom stereocenters. The van der Waals surface area contributed by atoms with Crippen LogP contribution in [0.2, 0.25) is 0 Å². The number of phenolic OH excluding ortho intramolecular Hbond substituents is 1. The number of aromatic hydroxyl groups is 1. The summed E-state index contributed by atoms with van der Waals surface area (Å²) >= 11 is 0. The normalized spacial score (nSPS) is 20.6. The van der Waals surface area contributed by atoms with Crippen molar-refractivity contribution in [3.63, 3.8) is 0 Å². The molecule has 1 aromatic carbocycles. The fourth-order valence-corrected chi connectivity index (χ4v) is 2.18. The molecule has 1 heterocycles. The van der Waals surface area contributed by atoms with Crippen LogP contribution in [0.15, 0.2) is 18.2 Å². The molecular formula is C14H18N2O2. The molecule has 0 spiro atoms. The molecule has 0 radical (unpaired) electrons. The number of hydrogen-bond acceptors (Lipinski definition) is 4. The Morgan fingerprint density at radius 2 is 2.44 bits per heavy atom. The van der Waals surface area contributed by atoms with Gasteiger partial charge in [-0.2, -0.15) is 5.26 Å². The quantitative estimate of drug-likeness (QED) is 0.853. The average Bonchev–Trinajstić information content (AvgIpc) is 2.87. The van der Waals surface area contributed by atoms with E-state index in [-0.39, 0.29) is 11.9 Å². The minimum absolute atomic E-state index is 0.159. The van der Waals surface area contributed by atoms with Gasteiger partial charge in [0, 0.05) is 18.7 Å². The summed E-state index contributed by atoms with van der Waals surface area (Å²) < 4.78 is 5.50. The lowest BCUT2D eigenvalue weighted by Crippen LogP contribution is -2.29. The molecule has 0 aromatic heterocycles. The van der Waals surface area contributed by atoms with E-state index in [1.54, 1.807) is 6.07 Å². The van der Waals surface area contributed by atoms with Gasteiger partial charge in [0.05, 0.1) is 12.2 Å². The van der Waals surface area contributed by atoms with Gasteiger partial charge in [0.1, 0.15) is 11.8 Å². The maximum atomic E-state index is 9.81.